The van der Waals surface area contributed by atoms with Crippen LogP contribution in [0.25, 0.3) is 0 Å². The van der Waals surface area contributed by atoms with Crippen LogP contribution >= 0.6 is 0 Å². The van der Waals surface area contributed by atoms with Crippen molar-refractivity contribution in [1.82, 2.24) is 15.3 Å². The van der Waals surface area contributed by atoms with Crippen LogP contribution in [-0.2, 0) is 4.74 Å². The van der Waals surface area contributed by atoms with Gasteiger partial charge in [-0.15, -0.1) is 6.42 Å². The normalized spacial score (nSPS) is 30.0. The molecule has 2 heterocycles. The van der Waals surface area contributed by atoms with Gasteiger partial charge in [-0.05, 0) is 5.92 Å². The van der Waals surface area contributed by atoms with Crippen LogP contribution in [0.4, 0.5) is 0 Å². The van der Waals surface area contributed by atoms with Gasteiger partial charge in [0.15, 0.2) is 11.9 Å². The number of amides is 1. The van der Waals surface area contributed by atoms with Crippen molar-refractivity contribution in [3.8, 4) is 12.3 Å². The Morgan fingerprint density at radius 1 is 1.58 bits per heavy atom. The summed E-state index contributed by atoms with van der Waals surface area (Å²) in [5.41, 5.74) is 0.185. The standard InChI is InChI=1S/C11H13N3O5/c1-2-5-7(13-4-12-5)10(18)14-11-9(17)8(16)6(3-15)19-11/h1,4,6,8-9,11,15-17H,3H2,(H,12,13)(H,14,18)/t6-,8-,9-,11-/m1/s1. The number of rotatable bonds is 3. The molecule has 19 heavy (non-hydrogen) atoms. The number of aromatic amines is 1. The van der Waals surface area contributed by atoms with Gasteiger partial charge >= 0.3 is 0 Å². The molecule has 1 amide bonds. The summed E-state index contributed by atoms with van der Waals surface area (Å²) in [6.07, 6.45) is 1.74. The van der Waals surface area contributed by atoms with Gasteiger partial charge in [0, 0.05) is 0 Å². The van der Waals surface area contributed by atoms with Crippen LogP contribution in [0.2, 0.25) is 0 Å². The number of aliphatic hydroxyl groups is 3. The molecule has 1 aliphatic heterocycles. The number of hydrogen-bond donors (Lipinski definition) is 5. The van der Waals surface area contributed by atoms with Crippen molar-refractivity contribution in [3.05, 3.63) is 17.7 Å². The van der Waals surface area contributed by atoms with Crippen molar-refractivity contribution in [2.75, 3.05) is 6.61 Å². The Morgan fingerprint density at radius 3 is 2.89 bits per heavy atom. The molecule has 0 radical (unpaired) electrons. The van der Waals surface area contributed by atoms with Crippen LogP contribution in [0, 0.1) is 12.3 Å². The second kappa shape index (κ2) is 5.38. The number of nitrogens with zero attached hydrogens (tertiary/aromatic N) is 1. The minimum absolute atomic E-state index is 0.0137. The lowest BCUT2D eigenvalue weighted by molar-refractivity contribution is -0.0305. The van der Waals surface area contributed by atoms with Crippen molar-refractivity contribution in [2.45, 2.75) is 24.5 Å². The second-order valence-electron chi connectivity index (χ2n) is 4.00. The fourth-order valence-electron chi connectivity index (χ4n) is 1.79. The van der Waals surface area contributed by atoms with E-state index in [1.807, 2.05) is 0 Å². The number of imidazole rings is 1. The van der Waals surface area contributed by atoms with E-state index in [1.165, 1.54) is 6.33 Å². The predicted octanol–water partition coefficient (Wildman–Crippen LogP) is -2.44. The molecule has 8 heteroatoms. The number of aromatic nitrogens is 2. The molecule has 0 aromatic carbocycles. The number of terminal acetylenes is 1. The van der Waals surface area contributed by atoms with Gasteiger partial charge in [-0.3, -0.25) is 4.79 Å². The van der Waals surface area contributed by atoms with Crippen LogP contribution in [0.15, 0.2) is 6.33 Å². The summed E-state index contributed by atoms with van der Waals surface area (Å²) in [6.45, 7) is -0.470. The summed E-state index contributed by atoms with van der Waals surface area (Å²) in [4.78, 5) is 18.2. The van der Waals surface area contributed by atoms with Crippen LogP contribution < -0.4 is 5.32 Å². The first-order chi connectivity index (χ1) is 9.08. The van der Waals surface area contributed by atoms with E-state index in [9.17, 15) is 15.0 Å². The number of carbonyl (C=O) groups is 1. The summed E-state index contributed by atoms with van der Waals surface area (Å²) in [6, 6.07) is 0. The zero-order valence-electron chi connectivity index (χ0n) is 9.78. The Labute approximate surface area is 108 Å². The molecule has 0 spiro atoms. The van der Waals surface area contributed by atoms with Gasteiger partial charge in [-0.2, -0.15) is 0 Å². The van der Waals surface area contributed by atoms with Gasteiger partial charge in [0.2, 0.25) is 0 Å². The molecule has 5 N–H and O–H groups in total. The van der Waals surface area contributed by atoms with Crippen LogP contribution in [-0.4, -0.2) is 62.3 Å². The number of nitrogens with one attached hydrogen (secondary N) is 2. The first-order valence-electron chi connectivity index (χ1n) is 5.51. The van der Waals surface area contributed by atoms with Gasteiger partial charge in [0.05, 0.1) is 12.9 Å². The average molecular weight is 267 g/mol. The number of hydrogen-bond acceptors (Lipinski definition) is 6. The van der Waals surface area contributed by atoms with E-state index < -0.39 is 37.1 Å². The zero-order chi connectivity index (χ0) is 14.0. The van der Waals surface area contributed by atoms with Crippen molar-refractivity contribution < 1.29 is 24.9 Å². The fourth-order valence-corrected chi connectivity index (χ4v) is 1.79. The topological polar surface area (TPSA) is 128 Å². The Hall–Kier alpha value is -1.92. The van der Waals surface area contributed by atoms with Gasteiger partial charge in [0.25, 0.3) is 5.91 Å². The van der Waals surface area contributed by atoms with Crippen LogP contribution in [0.5, 0.6) is 0 Å². The number of carbonyl (C=O) groups excluding carboxylic acids is 1. The van der Waals surface area contributed by atoms with E-state index in [-0.39, 0.29) is 11.4 Å². The predicted molar refractivity (Wildman–Crippen MR) is 61.7 cm³/mol. The molecule has 1 aliphatic rings. The Balaban J connectivity index is 2.06. The highest BCUT2D eigenvalue weighted by Crippen LogP contribution is 2.19. The van der Waals surface area contributed by atoms with Crippen molar-refractivity contribution >= 4 is 5.91 Å². The molecule has 1 aromatic heterocycles. The molecule has 0 saturated carbocycles. The monoisotopic (exact) mass is 267 g/mol. The third-order valence-corrected chi connectivity index (χ3v) is 2.81. The molecule has 0 aliphatic carbocycles. The summed E-state index contributed by atoms with van der Waals surface area (Å²) in [5.74, 6) is 1.60. The number of ether oxygens (including phenoxy) is 1. The van der Waals surface area contributed by atoms with Gasteiger partial charge in [-0.25, -0.2) is 4.98 Å². The highest BCUT2D eigenvalue weighted by Gasteiger charge is 2.43. The zero-order valence-corrected chi connectivity index (χ0v) is 9.78. The van der Waals surface area contributed by atoms with Crippen molar-refractivity contribution in [1.29, 1.82) is 0 Å². The Morgan fingerprint density at radius 2 is 2.32 bits per heavy atom. The molecule has 1 saturated heterocycles. The van der Waals surface area contributed by atoms with Crippen LogP contribution in [0.1, 0.15) is 16.2 Å². The van der Waals surface area contributed by atoms with Gasteiger partial charge in [-0.1, -0.05) is 0 Å². The molecule has 4 atom stereocenters. The number of H-pyrrole nitrogens is 1. The maximum Gasteiger partial charge on any atom is 0.274 e. The summed E-state index contributed by atoms with van der Waals surface area (Å²) in [7, 11) is 0. The molecule has 8 nitrogen and oxygen atoms in total. The van der Waals surface area contributed by atoms with Gasteiger partial charge < -0.3 is 30.4 Å². The summed E-state index contributed by atoms with van der Waals surface area (Å²) < 4.78 is 5.11. The van der Waals surface area contributed by atoms with E-state index in [0.29, 0.717) is 0 Å². The number of aliphatic hydroxyl groups excluding tert-OH is 3. The third kappa shape index (κ3) is 2.45. The molecular formula is C11H13N3O5. The summed E-state index contributed by atoms with van der Waals surface area (Å²) >= 11 is 0. The van der Waals surface area contributed by atoms with Crippen molar-refractivity contribution in [3.63, 3.8) is 0 Å². The first kappa shape index (κ1) is 13.5. The van der Waals surface area contributed by atoms with E-state index in [1.54, 1.807) is 0 Å². The van der Waals surface area contributed by atoms with E-state index in [4.69, 9.17) is 16.3 Å². The fraction of sp³-hybridized carbons (Fsp3) is 0.455. The minimum Gasteiger partial charge on any atom is -0.394 e. The molecule has 102 valence electrons. The van der Waals surface area contributed by atoms with Crippen molar-refractivity contribution in [2.24, 2.45) is 0 Å². The lowest BCUT2D eigenvalue weighted by atomic mass is 10.1. The maximum absolute atomic E-state index is 11.9. The van der Waals surface area contributed by atoms with E-state index in [2.05, 4.69) is 21.2 Å². The molecule has 1 aromatic rings. The third-order valence-electron chi connectivity index (χ3n) is 2.81. The molecular weight excluding hydrogens is 254 g/mol. The van der Waals surface area contributed by atoms with E-state index >= 15 is 0 Å². The lowest BCUT2D eigenvalue weighted by Crippen LogP contribution is -2.44. The highest BCUT2D eigenvalue weighted by atomic mass is 16.6. The molecule has 1 fully saturated rings. The molecule has 0 bridgehead atoms. The SMILES string of the molecule is C#Cc1[nH]cnc1C(=O)N[C@@H]1O[C@H](CO)[C@@H](O)[C@H]1O. The second-order valence-corrected chi connectivity index (χ2v) is 4.00. The average Bonchev–Trinajstić information content (AvgIpc) is 2.98. The maximum atomic E-state index is 11.9. The molecule has 2 rings (SSSR count). The van der Waals surface area contributed by atoms with Gasteiger partial charge in [0.1, 0.15) is 24.0 Å². The quantitative estimate of drug-likeness (QED) is 0.387. The Bertz CT molecular complexity index is 509. The minimum atomic E-state index is -1.34. The first-order valence-corrected chi connectivity index (χ1v) is 5.51. The highest BCUT2D eigenvalue weighted by molar-refractivity contribution is 5.94. The van der Waals surface area contributed by atoms with Crippen LogP contribution in [0.3, 0.4) is 0 Å². The van der Waals surface area contributed by atoms with E-state index in [0.717, 1.165) is 0 Å². The smallest absolute Gasteiger partial charge is 0.274 e. The lowest BCUT2D eigenvalue weighted by Gasteiger charge is -2.15. The Kier molecular flexibility index (Phi) is 3.82. The molecule has 0 unspecified atom stereocenters. The largest absolute Gasteiger partial charge is 0.394 e. The summed E-state index contributed by atoms with van der Waals surface area (Å²) in [5, 5.41) is 30.5.